The minimum absolute atomic E-state index is 0. The van der Waals surface area contributed by atoms with Gasteiger partial charge in [0.1, 0.15) is 0 Å². The highest BCUT2D eigenvalue weighted by Gasteiger charge is 2.25. The van der Waals surface area contributed by atoms with Crippen LogP contribution in [0.25, 0.3) is 0 Å². The smallest absolute Gasteiger partial charge is 0.178 e. The second-order valence-corrected chi connectivity index (χ2v) is 4.52. The zero-order valence-electron chi connectivity index (χ0n) is 8.55. The van der Waals surface area contributed by atoms with Crippen LogP contribution in [0.4, 0.5) is 0 Å². The van der Waals surface area contributed by atoms with E-state index in [1.165, 1.54) is 0 Å². The summed E-state index contributed by atoms with van der Waals surface area (Å²) in [6.45, 7) is 2.58. The van der Waals surface area contributed by atoms with Crippen molar-refractivity contribution in [2.75, 3.05) is 0 Å². The van der Waals surface area contributed by atoms with Gasteiger partial charge in [0.25, 0.3) is 0 Å². The molecule has 1 aliphatic rings. The SMILES string of the molecule is Br.CC1Cc2c(Cl)c(O)c(O)c(Cl)c2CN1. The highest BCUT2D eigenvalue weighted by molar-refractivity contribution is 8.93. The van der Waals surface area contributed by atoms with E-state index in [1.54, 1.807) is 0 Å². The highest BCUT2D eigenvalue weighted by Crippen LogP contribution is 2.45. The van der Waals surface area contributed by atoms with Gasteiger partial charge in [-0.3, -0.25) is 0 Å². The molecular weight excluding hydrogens is 317 g/mol. The lowest BCUT2D eigenvalue weighted by molar-refractivity contribution is 0.400. The molecule has 0 aliphatic carbocycles. The lowest BCUT2D eigenvalue weighted by Gasteiger charge is -2.25. The fourth-order valence-corrected chi connectivity index (χ4v) is 2.36. The van der Waals surface area contributed by atoms with E-state index >= 15 is 0 Å². The molecule has 0 amide bonds. The Bertz CT molecular complexity index is 426. The van der Waals surface area contributed by atoms with Crippen LogP contribution in [-0.4, -0.2) is 16.3 Å². The molecule has 0 bridgehead atoms. The van der Waals surface area contributed by atoms with Crippen molar-refractivity contribution in [3.8, 4) is 11.5 Å². The monoisotopic (exact) mass is 327 g/mol. The van der Waals surface area contributed by atoms with Gasteiger partial charge < -0.3 is 15.5 Å². The maximum absolute atomic E-state index is 9.54. The predicted octanol–water partition coefficient (Wildman–Crippen LogP) is 3.02. The summed E-state index contributed by atoms with van der Waals surface area (Å²) < 4.78 is 0. The molecule has 1 aliphatic heterocycles. The molecule has 3 N–H and O–H groups in total. The minimum atomic E-state index is -0.336. The highest BCUT2D eigenvalue weighted by atomic mass is 79.9. The van der Waals surface area contributed by atoms with Crippen molar-refractivity contribution < 1.29 is 10.2 Å². The molecule has 0 radical (unpaired) electrons. The molecule has 1 aromatic carbocycles. The molecule has 1 heterocycles. The summed E-state index contributed by atoms with van der Waals surface area (Å²) in [7, 11) is 0. The van der Waals surface area contributed by atoms with Crippen molar-refractivity contribution in [2.45, 2.75) is 25.9 Å². The Morgan fingerprint density at radius 2 is 1.62 bits per heavy atom. The zero-order chi connectivity index (χ0) is 11.2. The average Bonchev–Trinajstić information content (AvgIpc) is 2.23. The lowest BCUT2D eigenvalue weighted by atomic mass is 9.95. The van der Waals surface area contributed by atoms with Gasteiger partial charge in [0.05, 0.1) is 10.0 Å². The number of benzene rings is 1. The van der Waals surface area contributed by atoms with Crippen molar-refractivity contribution in [1.82, 2.24) is 5.32 Å². The Balaban J connectivity index is 0.00000128. The standard InChI is InChI=1S/C10H11Cl2NO2.BrH/c1-4-2-5-6(3-13-4)8(12)10(15)9(14)7(5)11;/h4,13-15H,2-3H2,1H3;1H. The lowest BCUT2D eigenvalue weighted by Crippen LogP contribution is -2.33. The van der Waals surface area contributed by atoms with E-state index in [0.29, 0.717) is 13.0 Å². The summed E-state index contributed by atoms with van der Waals surface area (Å²) >= 11 is 11.9. The third-order valence-electron chi connectivity index (χ3n) is 2.67. The van der Waals surface area contributed by atoms with E-state index in [4.69, 9.17) is 23.2 Å². The first-order valence-corrected chi connectivity index (χ1v) is 5.42. The van der Waals surface area contributed by atoms with Gasteiger partial charge in [-0.15, -0.1) is 17.0 Å². The number of hydrogen-bond donors (Lipinski definition) is 3. The Morgan fingerprint density at radius 3 is 2.19 bits per heavy atom. The summed E-state index contributed by atoms with van der Waals surface area (Å²) in [6.07, 6.45) is 0.696. The first kappa shape index (κ1) is 13.9. The molecule has 3 nitrogen and oxygen atoms in total. The van der Waals surface area contributed by atoms with Crippen LogP contribution in [0.1, 0.15) is 18.1 Å². The Kier molecular flexibility index (Phi) is 4.35. The number of hydrogen-bond acceptors (Lipinski definition) is 3. The van der Waals surface area contributed by atoms with Crippen LogP contribution >= 0.6 is 40.2 Å². The number of nitrogens with one attached hydrogen (secondary N) is 1. The molecule has 1 aromatic rings. The van der Waals surface area contributed by atoms with Gasteiger partial charge in [-0.2, -0.15) is 0 Å². The molecule has 16 heavy (non-hydrogen) atoms. The van der Waals surface area contributed by atoms with Gasteiger partial charge in [-0.05, 0) is 24.5 Å². The molecule has 1 atom stereocenters. The topological polar surface area (TPSA) is 52.5 Å². The molecule has 0 fully saturated rings. The number of rotatable bonds is 0. The third kappa shape index (κ3) is 2.12. The molecule has 1 unspecified atom stereocenters. The van der Waals surface area contributed by atoms with E-state index in [-0.39, 0.29) is 44.6 Å². The van der Waals surface area contributed by atoms with Gasteiger partial charge in [-0.25, -0.2) is 0 Å². The maximum atomic E-state index is 9.54. The van der Waals surface area contributed by atoms with Crippen LogP contribution in [0.15, 0.2) is 0 Å². The fraction of sp³-hybridized carbons (Fsp3) is 0.400. The number of fused-ring (bicyclic) bond motifs is 1. The second kappa shape index (κ2) is 5.00. The van der Waals surface area contributed by atoms with E-state index in [0.717, 1.165) is 11.1 Å². The van der Waals surface area contributed by atoms with Gasteiger partial charge >= 0.3 is 0 Å². The second-order valence-electron chi connectivity index (χ2n) is 3.77. The van der Waals surface area contributed by atoms with Crippen molar-refractivity contribution >= 4 is 40.2 Å². The van der Waals surface area contributed by atoms with Crippen LogP contribution in [0.3, 0.4) is 0 Å². The molecule has 6 heteroatoms. The van der Waals surface area contributed by atoms with Crippen LogP contribution in [0, 0.1) is 0 Å². The number of phenols is 2. The van der Waals surface area contributed by atoms with Crippen LogP contribution in [0.5, 0.6) is 11.5 Å². The summed E-state index contributed by atoms with van der Waals surface area (Å²) in [5.41, 5.74) is 1.60. The normalized spacial score (nSPS) is 18.8. The van der Waals surface area contributed by atoms with Crippen LogP contribution in [-0.2, 0) is 13.0 Å². The van der Waals surface area contributed by atoms with Gasteiger partial charge in [0, 0.05) is 12.6 Å². The Labute approximate surface area is 114 Å². The molecule has 0 saturated heterocycles. The average molecular weight is 329 g/mol. The van der Waals surface area contributed by atoms with Crippen molar-refractivity contribution in [3.05, 3.63) is 21.2 Å². The summed E-state index contributed by atoms with van der Waals surface area (Å²) in [5, 5.41) is 22.7. The van der Waals surface area contributed by atoms with Crippen molar-refractivity contribution in [2.24, 2.45) is 0 Å². The van der Waals surface area contributed by atoms with Crippen molar-refractivity contribution in [1.29, 1.82) is 0 Å². The predicted molar refractivity (Wildman–Crippen MR) is 70.1 cm³/mol. The van der Waals surface area contributed by atoms with Gasteiger partial charge in [0.15, 0.2) is 11.5 Å². The molecule has 0 saturated carbocycles. The first-order valence-electron chi connectivity index (χ1n) is 4.66. The first-order chi connectivity index (χ1) is 7.02. The molecule has 0 spiro atoms. The van der Waals surface area contributed by atoms with Crippen LogP contribution in [0.2, 0.25) is 10.0 Å². The fourth-order valence-electron chi connectivity index (χ4n) is 1.81. The molecule has 0 aromatic heterocycles. The van der Waals surface area contributed by atoms with E-state index in [1.807, 2.05) is 6.92 Å². The molecule has 2 rings (SSSR count). The number of halogens is 3. The van der Waals surface area contributed by atoms with Gasteiger partial charge in [-0.1, -0.05) is 23.2 Å². The maximum Gasteiger partial charge on any atom is 0.178 e. The number of aromatic hydroxyl groups is 2. The summed E-state index contributed by atoms with van der Waals surface area (Å²) in [4.78, 5) is 0. The zero-order valence-corrected chi connectivity index (χ0v) is 11.8. The molecular formula is C10H12BrCl2NO2. The third-order valence-corrected chi connectivity index (χ3v) is 3.49. The summed E-state index contributed by atoms with van der Waals surface area (Å²) in [5.74, 6) is -0.661. The van der Waals surface area contributed by atoms with E-state index < -0.39 is 0 Å². The number of phenolic OH excluding ortho intramolecular Hbond substituents is 2. The largest absolute Gasteiger partial charge is 0.503 e. The summed E-state index contributed by atoms with van der Waals surface area (Å²) in [6, 6.07) is 0.287. The van der Waals surface area contributed by atoms with Gasteiger partial charge in [0.2, 0.25) is 0 Å². The quantitative estimate of drug-likeness (QED) is 0.642. The minimum Gasteiger partial charge on any atom is -0.503 e. The van der Waals surface area contributed by atoms with Crippen molar-refractivity contribution in [3.63, 3.8) is 0 Å². The Morgan fingerprint density at radius 1 is 1.12 bits per heavy atom. The van der Waals surface area contributed by atoms with Crippen LogP contribution < -0.4 is 5.32 Å². The van der Waals surface area contributed by atoms with E-state index in [9.17, 15) is 10.2 Å². The molecule has 90 valence electrons. The Hall–Kier alpha value is -0.160. The van der Waals surface area contributed by atoms with E-state index in [2.05, 4.69) is 5.32 Å².